The minimum atomic E-state index is 0.729. The molecule has 2 aliphatic rings. The van der Waals surface area contributed by atoms with Crippen molar-refractivity contribution >= 4 is 5.69 Å². The van der Waals surface area contributed by atoms with E-state index in [1.54, 1.807) is 5.56 Å². The molecule has 0 spiro atoms. The zero-order chi connectivity index (χ0) is 15.5. The average Bonchev–Trinajstić information content (AvgIpc) is 3.31. The number of rotatable bonds is 5. The summed E-state index contributed by atoms with van der Waals surface area (Å²) < 4.78 is 0. The summed E-state index contributed by atoms with van der Waals surface area (Å²) in [5.41, 5.74) is 5.77. The van der Waals surface area contributed by atoms with Crippen LogP contribution in [0.5, 0.6) is 0 Å². The minimum Gasteiger partial charge on any atom is -0.359 e. The van der Waals surface area contributed by atoms with Crippen LogP contribution >= 0.6 is 0 Å². The summed E-state index contributed by atoms with van der Waals surface area (Å²) in [6.45, 7) is 6.92. The van der Waals surface area contributed by atoms with Gasteiger partial charge in [0.05, 0.1) is 0 Å². The molecule has 1 heteroatoms. The Morgan fingerprint density at radius 3 is 2.68 bits per heavy atom. The van der Waals surface area contributed by atoms with Crippen molar-refractivity contribution in [2.75, 3.05) is 5.32 Å². The molecule has 120 valence electrons. The third-order valence-electron chi connectivity index (χ3n) is 5.38. The van der Waals surface area contributed by atoms with Gasteiger partial charge < -0.3 is 5.32 Å². The van der Waals surface area contributed by atoms with Crippen LogP contribution in [-0.4, -0.2) is 0 Å². The summed E-state index contributed by atoms with van der Waals surface area (Å²) in [7, 11) is 0. The van der Waals surface area contributed by atoms with E-state index < -0.39 is 0 Å². The van der Waals surface area contributed by atoms with Gasteiger partial charge in [-0.25, -0.2) is 0 Å². The van der Waals surface area contributed by atoms with Crippen molar-refractivity contribution in [2.45, 2.75) is 71.6 Å². The highest BCUT2D eigenvalue weighted by Crippen LogP contribution is 2.42. The fourth-order valence-corrected chi connectivity index (χ4v) is 4.03. The van der Waals surface area contributed by atoms with Crippen LogP contribution in [-0.2, 0) is 0 Å². The van der Waals surface area contributed by atoms with Gasteiger partial charge in [0.25, 0.3) is 0 Å². The summed E-state index contributed by atoms with van der Waals surface area (Å²) in [6, 6.07) is 6.99. The number of hydrogen-bond donors (Lipinski definition) is 1. The molecule has 2 saturated carbocycles. The topological polar surface area (TPSA) is 12.0 Å². The lowest BCUT2D eigenvalue weighted by Gasteiger charge is -2.29. The Hall–Kier alpha value is -1.24. The van der Waals surface area contributed by atoms with Gasteiger partial charge in [-0.1, -0.05) is 38.8 Å². The maximum absolute atomic E-state index is 3.76. The van der Waals surface area contributed by atoms with E-state index in [1.165, 1.54) is 55.5 Å². The summed E-state index contributed by atoms with van der Waals surface area (Å²) in [6.07, 6.45) is 11.8. The summed E-state index contributed by atoms with van der Waals surface area (Å²) in [5, 5.41) is 3.76. The molecule has 2 fully saturated rings. The monoisotopic (exact) mass is 297 g/mol. The molecule has 1 aromatic carbocycles. The third-order valence-corrected chi connectivity index (χ3v) is 5.38. The van der Waals surface area contributed by atoms with Gasteiger partial charge >= 0.3 is 0 Å². The number of hydrogen-bond acceptors (Lipinski definition) is 1. The lowest BCUT2D eigenvalue weighted by molar-refractivity contribution is 0.315. The highest BCUT2D eigenvalue weighted by molar-refractivity contribution is 5.53. The van der Waals surface area contributed by atoms with Crippen molar-refractivity contribution in [3.05, 3.63) is 41.1 Å². The van der Waals surface area contributed by atoms with Crippen LogP contribution in [0.4, 0.5) is 5.69 Å². The predicted molar refractivity (Wildman–Crippen MR) is 96.3 cm³/mol. The van der Waals surface area contributed by atoms with Crippen LogP contribution in [0.15, 0.2) is 30.0 Å². The standard InChI is InChI=1S/C21H31N/c1-4-6-21(18-8-5-7-15(2)13-18)22-19-11-12-20(16(3)14-19)17-9-10-17/h6,11-12,14-15,17-18,22H,4-5,7-10,13H2,1-3H3/b21-6+. The van der Waals surface area contributed by atoms with Gasteiger partial charge in [0.1, 0.15) is 0 Å². The van der Waals surface area contributed by atoms with Gasteiger partial charge in [0.2, 0.25) is 0 Å². The molecule has 2 aliphatic carbocycles. The molecule has 2 unspecified atom stereocenters. The molecule has 0 bridgehead atoms. The Kier molecular flexibility index (Phi) is 4.90. The maximum Gasteiger partial charge on any atom is 0.0384 e. The molecule has 1 N–H and O–H groups in total. The van der Waals surface area contributed by atoms with Crippen molar-refractivity contribution in [3.8, 4) is 0 Å². The fraction of sp³-hybridized carbons (Fsp3) is 0.619. The molecule has 0 aliphatic heterocycles. The third kappa shape index (κ3) is 3.74. The lowest BCUT2D eigenvalue weighted by Crippen LogP contribution is -2.19. The van der Waals surface area contributed by atoms with Crippen LogP contribution in [0.3, 0.4) is 0 Å². The van der Waals surface area contributed by atoms with Crippen molar-refractivity contribution in [2.24, 2.45) is 11.8 Å². The first-order valence-electron chi connectivity index (χ1n) is 9.25. The van der Waals surface area contributed by atoms with E-state index in [-0.39, 0.29) is 0 Å². The molecule has 1 aromatic rings. The Morgan fingerprint density at radius 1 is 1.23 bits per heavy atom. The Labute approximate surface area is 136 Å². The van der Waals surface area contributed by atoms with Crippen LogP contribution in [0.25, 0.3) is 0 Å². The van der Waals surface area contributed by atoms with Crippen LogP contribution in [0.1, 0.15) is 75.8 Å². The molecule has 2 atom stereocenters. The van der Waals surface area contributed by atoms with Gasteiger partial charge in [0, 0.05) is 11.4 Å². The molecule has 0 heterocycles. The number of benzene rings is 1. The Morgan fingerprint density at radius 2 is 2.05 bits per heavy atom. The fourth-order valence-electron chi connectivity index (χ4n) is 4.03. The van der Waals surface area contributed by atoms with Gasteiger partial charge in [-0.2, -0.15) is 0 Å². The largest absolute Gasteiger partial charge is 0.359 e. The number of allylic oxidation sites excluding steroid dienone is 2. The maximum atomic E-state index is 3.76. The second-order valence-corrected chi connectivity index (χ2v) is 7.51. The minimum absolute atomic E-state index is 0.729. The highest BCUT2D eigenvalue weighted by Gasteiger charge is 2.25. The zero-order valence-electron chi connectivity index (χ0n) is 14.5. The average molecular weight is 297 g/mol. The van der Waals surface area contributed by atoms with E-state index in [2.05, 4.69) is 50.4 Å². The van der Waals surface area contributed by atoms with E-state index in [4.69, 9.17) is 0 Å². The molecule has 0 amide bonds. The van der Waals surface area contributed by atoms with Crippen molar-refractivity contribution in [1.82, 2.24) is 0 Å². The van der Waals surface area contributed by atoms with Crippen molar-refractivity contribution in [1.29, 1.82) is 0 Å². The Bertz CT molecular complexity index is 539. The van der Waals surface area contributed by atoms with Crippen molar-refractivity contribution in [3.63, 3.8) is 0 Å². The second kappa shape index (κ2) is 6.89. The first-order valence-corrected chi connectivity index (χ1v) is 9.25. The quantitative estimate of drug-likeness (QED) is 0.662. The molecule has 0 radical (unpaired) electrons. The highest BCUT2D eigenvalue weighted by atomic mass is 14.9. The normalized spacial score (nSPS) is 26.0. The first-order chi connectivity index (χ1) is 10.7. The van der Waals surface area contributed by atoms with Crippen molar-refractivity contribution < 1.29 is 0 Å². The van der Waals surface area contributed by atoms with E-state index in [9.17, 15) is 0 Å². The van der Waals surface area contributed by atoms with E-state index in [0.29, 0.717) is 0 Å². The smallest absolute Gasteiger partial charge is 0.0384 e. The molecule has 0 saturated heterocycles. The molecule has 3 rings (SSSR count). The molecule has 22 heavy (non-hydrogen) atoms. The summed E-state index contributed by atoms with van der Waals surface area (Å²) in [5.74, 6) is 2.45. The van der Waals surface area contributed by atoms with Gasteiger partial charge in [-0.05, 0) is 80.0 Å². The molecule has 0 aromatic heterocycles. The van der Waals surface area contributed by atoms with E-state index in [1.807, 2.05) is 0 Å². The van der Waals surface area contributed by atoms with Crippen LogP contribution in [0.2, 0.25) is 0 Å². The zero-order valence-corrected chi connectivity index (χ0v) is 14.5. The SMILES string of the molecule is CC/C=C(/Nc1ccc(C2CC2)c(C)c1)C1CCCC(C)C1. The van der Waals surface area contributed by atoms with Gasteiger partial charge in [-0.15, -0.1) is 0 Å². The summed E-state index contributed by atoms with van der Waals surface area (Å²) in [4.78, 5) is 0. The number of aryl methyl sites for hydroxylation is 1. The van der Waals surface area contributed by atoms with Crippen LogP contribution < -0.4 is 5.32 Å². The van der Waals surface area contributed by atoms with Gasteiger partial charge in [-0.3, -0.25) is 0 Å². The molecular weight excluding hydrogens is 266 g/mol. The predicted octanol–water partition coefficient (Wildman–Crippen LogP) is 6.40. The Balaban J connectivity index is 1.73. The molecule has 1 nitrogen and oxygen atoms in total. The van der Waals surface area contributed by atoms with Crippen LogP contribution in [0, 0.1) is 18.8 Å². The lowest BCUT2D eigenvalue weighted by atomic mass is 9.80. The first kappa shape index (κ1) is 15.6. The van der Waals surface area contributed by atoms with E-state index >= 15 is 0 Å². The number of anilines is 1. The van der Waals surface area contributed by atoms with E-state index in [0.717, 1.165) is 24.2 Å². The van der Waals surface area contributed by atoms with Gasteiger partial charge in [0.15, 0.2) is 0 Å². The molecular formula is C21H31N. The summed E-state index contributed by atoms with van der Waals surface area (Å²) >= 11 is 0. The second-order valence-electron chi connectivity index (χ2n) is 7.51. The number of nitrogens with one attached hydrogen (secondary N) is 1.